The van der Waals surface area contributed by atoms with E-state index in [4.69, 9.17) is 9.47 Å². The molecular formula is C28H25NO3S. The minimum Gasteiger partial charge on any atom is -0.496 e. The molecule has 4 aromatic carbocycles. The number of hydrogen-bond acceptors (Lipinski definition) is 4. The fourth-order valence-corrected chi connectivity index (χ4v) is 4.17. The Morgan fingerprint density at radius 1 is 0.848 bits per heavy atom. The molecule has 4 nitrogen and oxygen atoms in total. The number of hydrogen-bond donors (Lipinski definition) is 1. The van der Waals surface area contributed by atoms with E-state index in [0.717, 1.165) is 11.3 Å². The Bertz CT molecular complexity index is 1220. The summed E-state index contributed by atoms with van der Waals surface area (Å²) in [5.74, 6) is 2.54. The van der Waals surface area contributed by atoms with E-state index < -0.39 is 0 Å². The predicted octanol–water partition coefficient (Wildman–Crippen LogP) is 7.34. The van der Waals surface area contributed by atoms with Gasteiger partial charge in [0.25, 0.3) is 5.91 Å². The van der Waals surface area contributed by atoms with Crippen LogP contribution in [0.15, 0.2) is 102 Å². The molecule has 0 bridgehead atoms. The minimum atomic E-state index is -0.205. The highest BCUT2D eigenvalue weighted by atomic mass is 32.2. The van der Waals surface area contributed by atoms with Gasteiger partial charge in [-0.1, -0.05) is 48.0 Å². The molecule has 0 unspecified atom stereocenters. The second-order valence-electron chi connectivity index (χ2n) is 7.49. The molecule has 0 aliphatic rings. The maximum absolute atomic E-state index is 13.1. The number of anilines is 1. The molecule has 4 aromatic rings. The Kier molecular flexibility index (Phi) is 7.33. The van der Waals surface area contributed by atoms with Gasteiger partial charge in [0.05, 0.1) is 12.8 Å². The average molecular weight is 456 g/mol. The van der Waals surface area contributed by atoms with Crippen LogP contribution >= 0.6 is 11.8 Å². The number of carbonyl (C=O) groups is 1. The molecule has 0 saturated carbocycles. The third kappa shape index (κ3) is 5.96. The number of thioether (sulfide) groups is 1. The van der Waals surface area contributed by atoms with E-state index in [1.54, 1.807) is 24.9 Å². The third-order valence-corrected chi connectivity index (χ3v) is 6.13. The van der Waals surface area contributed by atoms with E-state index >= 15 is 0 Å². The van der Waals surface area contributed by atoms with Crippen LogP contribution in [0.2, 0.25) is 0 Å². The van der Waals surface area contributed by atoms with Crippen molar-refractivity contribution < 1.29 is 14.3 Å². The summed E-state index contributed by atoms with van der Waals surface area (Å²) >= 11 is 1.71. The Hall–Kier alpha value is -3.70. The fraction of sp³-hybridized carbons (Fsp3) is 0.107. The van der Waals surface area contributed by atoms with Gasteiger partial charge in [-0.3, -0.25) is 4.79 Å². The van der Waals surface area contributed by atoms with E-state index in [1.165, 1.54) is 10.5 Å². The molecule has 0 atom stereocenters. The smallest absolute Gasteiger partial charge is 0.255 e. The SMILES string of the molecule is COc1ccc(C(=O)Nc2ccccc2Oc2ccccc2)cc1CSc1ccc(C)cc1. The normalized spacial score (nSPS) is 10.5. The monoisotopic (exact) mass is 455 g/mol. The standard InChI is InChI=1S/C28H25NO3S/c1-20-12-15-24(16-13-20)33-19-22-18-21(14-17-26(22)31-2)28(30)29-25-10-6-7-11-27(25)32-23-8-4-3-5-9-23/h3-18H,19H2,1-2H3,(H,29,30). The number of benzene rings is 4. The van der Waals surface area contributed by atoms with Crippen LogP contribution in [-0.4, -0.2) is 13.0 Å². The lowest BCUT2D eigenvalue weighted by Crippen LogP contribution is -2.13. The largest absolute Gasteiger partial charge is 0.496 e. The molecule has 1 N–H and O–H groups in total. The topological polar surface area (TPSA) is 47.6 Å². The molecule has 4 rings (SSSR count). The number of para-hydroxylation sites is 3. The molecule has 0 heterocycles. The summed E-state index contributed by atoms with van der Waals surface area (Å²) in [5.41, 5.74) is 3.36. The summed E-state index contributed by atoms with van der Waals surface area (Å²) in [6.45, 7) is 2.07. The summed E-state index contributed by atoms with van der Waals surface area (Å²) in [4.78, 5) is 14.2. The zero-order valence-electron chi connectivity index (χ0n) is 18.6. The van der Waals surface area contributed by atoms with Gasteiger partial charge in [0.2, 0.25) is 0 Å². The molecule has 1 amide bonds. The number of nitrogens with one attached hydrogen (secondary N) is 1. The molecule has 0 aliphatic heterocycles. The van der Waals surface area contributed by atoms with Crippen LogP contribution in [0.5, 0.6) is 17.2 Å². The average Bonchev–Trinajstić information content (AvgIpc) is 2.85. The van der Waals surface area contributed by atoms with Crippen molar-refractivity contribution in [2.75, 3.05) is 12.4 Å². The van der Waals surface area contributed by atoms with Gasteiger partial charge in [-0.15, -0.1) is 11.8 Å². The second-order valence-corrected chi connectivity index (χ2v) is 8.54. The molecule has 166 valence electrons. The van der Waals surface area contributed by atoms with Crippen molar-refractivity contribution in [3.05, 3.63) is 114 Å². The van der Waals surface area contributed by atoms with Crippen molar-refractivity contribution in [2.45, 2.75) is 17.6 Å². The first-order valence-electron chi connectivity index (χ1n) is 10.6. The summed E-state index contributed by atoms with van der Waals surface area (Å²) in [7, 11) is 1.65. The lowest BCUT2D eigenvalue weighted by molar-refractivity contribution is 0.102. The van der Waals surface area contributed by atoms with Gasteiger partial charge in [0, 0.05) is 21.8 Å². The van der Waals surface area contributed by atoms with Crippen LogP contribution in [0, 0.1) is 6.92 Å². The zero-order valence-corrected chi connectivity index (χ0v) is 19.4. The van der Waals surface area contributed by atoms with Gasteiger partial charge in [0.15, 0.2) is 5.75 Å². The van der Waals surface area contributed by atoms with Gasteiger partial charge >= 0.3 is 0 Å². The lowest BCUT2D eigenvalue weighted by atomic mass is 10.1. The number of aryl methyl sites for hydroxylation is 1. The van der Waals surface area contributed by atoms with E-state index in [2.05, 4.69) is 36.5 Å². The molecule has 0 saturated heterocycles. The maximum atomic E-state index is 13.1. The third-order valence-electron chi connectivity index (χ3n) is 5.06. The first-order valence-corrected chi connectivity index (χ1v) is 11.6. The highest BCUT2D eigenvalue weighted by Gasteiger charge is 2.13. The van der Waals surface area contributed by atoms with E-state index in [1.807, 2.05) is 66.7 Å². The number of rotatable bonds is 8. The molecule has 0 aromatic heterocycles. The van der Waals surface area contributed by atoms with Gasteiger partial charge in [0.1, 0.15) is 11.5 Å². The quantitative estimate of drug-likeness (QED) is 0.282. The molecule has 33 heavy (non-hydrogen) atoms. The van der Waals surface area contributed by atoms with Crippen LogP contribution in [-0.2, 0) is 5.75 Å². The Morgan fingerprint density at radius 3 is 2.33 bits per heavy atom. The van der Waals surface area contributed by atoms with E-state index in [9.17, 15) is 4.79 Å². The zero-order chi connectivity index (χ0) is 23.0. The molecular weight excluding hydrogens is 430 g/mol. The van der Waals surface area contributed by atoms with Crippen molar-refractivity contribution in [3.63, 3.8) is 0 Å². The lowest BCUT2D eigenvalue weighted by Gasteiger charge is -2.14. The Labute approximate surface area is 198 Å². The van der Waals surface area contributed by atoms with Crippen LogP contribution in [0.25, 0.3) is 0 Å². The molecule has 0 fully saturated rings. The van der Waals surface area contributed by atoms with Gasteiger partial charge in [-0.05, 0) is 61.5 Å². The van der Waals surface area contributed by atoms with Crippen LogP contribution in [0.4, 0.5) is 5.69 Å². The summed E-state index contributed by atoms with van der Waals surface area (Å²) < 4.78 is 11.5. The van der Waals surface area contributed by atoms with Crippen molar-refractivity contribution >= 4 is 23.4 Å². The molecule has 5 heteroatoms. The number of amides is 1. The van der Waals surface area contributed by atoms with E-state index in [0.29, 0.717) is 28.5 Å². The molecule has 0 aliphatic carbocycles. The summed E-state index contributed by atoms with van der Waals surface area (Å²) in [5, 5.41) is 2.98. The summed E-state index contributed by atoms with van der Waals surface area (Å²) in [6, 6.07) is 30.8. The van der Waals surface area contributed by atoms with Crippen LogP contribution < -0.4 is 14.8 Å². The second kappa shape index (κ2) is 10.7. The van der Waals surface area contributed by atoms with Crippen molar-refractivity contribution in [3.8, 4) is 17.2 Å². The minimum absolute atomic E-state index is 0.205. The Morgan fingerprint density at radius 2 is 1.58 bits per heavy atom. The fourth-order valence-electron chi connectivity index (χ4n) is 3.30. The van der Waals surface area contributed by atoms with Gasteiger partial charge in [-0.2, -0.15) is 0 Å². The Balaban J connectivity index is 1.50. The number of methoxy groups -OCH3 is 1. The van der Waals surface area contributed by atoms with Gasteiger partial charge in [-0.25, -0.2) is 0 Å². The summed E-state index contributed by atoms with van der Waals surface area (Å²) in [6.07, 6.45) is 0. The van der Waals surface area contributed by atoms with Crippen molar-refractivity contribution in [1.82, 2.24) is 0 Å². The van der Waals surface area contributed by atoms with Crippen LogP contribution in [0.3, 0.4) is 0 Å². The molecule has 0 radical (unpaired) electrons. The maximum Gasteiger partial charge on any atom is 0.255 e. The van der Waals surface area contributed by atoms with Crippen molar-refractivity contribution in [2.24, 2.45) is 0 Å². The van der Waals surface area contributed by atoms with Gasteiger partial charge < -0.3 is 14.8 Å². The highest BCUT2D eigenvalue weighted by molar-refractivity contribution is 7.98. The number of carbonyl (C=O) groups excluding carboxylic acids is 1. The van der Waals surface area contributed by atoms with E-state index in [-0.39, 0.29) is 5.91 Å². The highest BCUT2D eigenvalue weighted by Crippen LogP contribution is 2.31. The molecule has 0 spiro atoms. The first-order chi connectivity index (χ1) is 16.1. The van der Waals surface area contributed by atoms with Crippen molar-refractivity contribution in [1.29, 1.82) is 0 Å². The first kappa shape index (κ1) is 22.5. The predicted molar refractivity (Wildman–Crippen MR) is 135 cm³/mol. The van der Waals surface area contributed by atoms with Crippen LogP contribution in [0.1, 0.15) is 21.5 Å². The number of ether oxygens (including phenoxy) is 2.